The number of hydrogen-bond donors (Lipinski definition) is 1. The second kappa shape index (κ2) is 6.73. The topological polar surface area (TPSA) is 41.6 Å². The molecule has 1 aromatic carbocycles. The first kappa shape index (κ1) is 14.8. The molecule has 0 radical (unpaired) electrons. The van der Waals surface area contributed by atoms with Gasteiger partial charge in [0.05, 0.1) is 16.9 Å². The van der Waals surface area contributed by atoms with E-state index in [-0.39, 0.29) is 5.28 Å². The Morgan fingerprint density at radius 3 is 2.60 bits per heavy atom. The molecule has 0 saturated heterocycles. The highest BCUT2D eigenvalue weighted by atomic mass is 35.5. The van der Waals surface area contributed by atoms with Crippen LogP contribution in [0.5, 0.6) is 0 Å². The van der Waals surface area contributed by atoms with E-state index in [1.165, 1.54) is 12.6 Å². The quantitative estimate of drug-likeness (QED) is 0.616. The summed E-state index contributed by atoms with van der Waals surface area (Å²) in [5.74, 6) is 0. The van der Waals surface area contributed by atoms with Crippen LogP contribution in [0.4, 0.5) is 0 Å². The molecule has 0 amide bonds. The molecule has 104 valence electrons. The first-order valence-electron chi connectivity index (χ1n) is 6.41. The average Bonchev–Trinajstić information content (AvgIpc) is 2.86. The minimum Gasteiger partial charge on any atom is -0.360 e. The molecule has 3 rings (SSSR count). The van der Waals surface area contributed by atoms with Crippen LogP contribution in [-0.2, 0) is 0 Å². The van der Waals surface area contributed by atoms with Gasteiger partial charge in [-0.15, -0.1) is 0 Å². The zero-order valence-corrected chi connectivity index (χ0v) is 12.8. The molecule has 3 nitrogen and oxygen atoms in total. The Balaban J connectivity index is 0.000000452. The van der Waals surface area contributed by atoms with Gasteiger partial charge in [-0.2, -0.15) is 0 Å². The van der Waals surface area contributed by atoms with Crippen molar-refractivity contribution in [3.05, 3.63) is 47.0 Å². The molecule has 0 aliphatic heterocycles. The van der Waals surface area contributed by atoms with Gasteiger partial charge in [0, 0.05) is 22.7 Å². The van der Waals surface area contributed by atoms with E-state index in [4.69, 9.17) is 23.2 Å². The maximum absolute atomic E-state index is 6.09. The summed E-state index contributed by atoms with van der Waals surface area (Å²) in [6.07, 6.45) is 4.63. The number of nitrogens with zero attached hydrogens (tertiary/aromatic N) is 2. The molecule has 0 unspecified atom stereocenters. The number of rotatable bonds is 1. The molecule has 3 aromatic rings. The highest BCUT2D eigenvalue weighted by Gasteiger charge is 2.11. The standard InChI is InChI=1S/C12H7Cl2N3.C3H8/c13-9-6-16-12(14)17-11(9)8-5-15-10-4-2-1-3-7(8)10;1-3-2/h1-6,15H;3H2,1-2H3. The molecule has 20 heavy (non-hydrogen) atoms. The fourth-order valence-corrected chi connectivity index (χ4v) is 2.13. The van der Waals surface area contributed by atoms with E-state index in [2.05, 4.69) is 28.8 Å². The van der Waals surface area contributed by atoms with Gasteiger partial charge in [0.25, 0.3) is 0 Å². The number of H-pyrrole nitrogens is 1. The highest BCUT2D eigenvalue weighted by molar-refractivity contribution is 6.34. The number of nitrogens with one attached hydrogen (secondary N) is 1. The Morgan fingerprint density at radius 1 is 1.15 bits per heavy atom. The molecule has 0 aliphatic carbocycles. The number of aromatic nitrogens is 3. The summed E-state index contributed by atoms with van der Waals surface area (Å²) in [5.41, 5.74) is 2.60. The van der Waals surface area contributed by atoms with Gasteiger partial charge in [-0.25, -0.2) is 9.97 Å². The SMILES string of the molecule is CCC.Clc1ncc(Cl)c(-c2c[nH]c3ccccc23)n1. The second-order valence-electron chi connectivity index (χ2n) is 4.29. The minimum atomic E-state index is 0.190. The van der Waals surface area contributed by atoms with E-state index in [0.717, 1.165) is 16.5 Å². The van der Waals surface area contributed by atoms with Crippen molar-refractivity contribution in [2.24, 2.45) is 0 Å². The normalized spacial score (nSPS) is 10.2. The fourth-order valence-electron chi connectivity index (χ4n) is 1.80. The van der Waals surface area contributed by atoms with Crippen molar-refractivity contribution in [2.45, 2.75) is 20.3 Å². The van der Waals surface area contributed by atoms with Crippen LogP contribution >= 0.6 is 23.2 Å². The van der Waals surface area contributed by atoms with E-state index >= 15 is 0 Å². The maximum atomic E-state index is 6.09. The predicted octanol–water partition coefficient (Wildman–Crippen LogP) is 5.35. The molecule has 0 bridgehead atoms. The zero-order valence-electron chi connectivity index (χ0n) is 11.3. The van der Waals surface area contributed by atoms with Gasteiger partial charge in [0.2, 0.25) is 5.28 Å². The molecule has 0 aliphatic rings. The van der Waals surface area contributed by atoms with Crippen LogP contribution in [0.15, 0.2) is 36.7 Å². The highest BCUT2D eigenvalue weighted by Crippen LogP contribution is 2.31. The van der Waals surface area contributed by atoms with Crippen molar-refractivity contribution in [1.82, 2.24) is 15.0 Å². The molecule has 5 heteroatoms. The van der Waals surface area contributed by atoms with Crippen LogP contribution in [0.25, 0.3) is 22.2 Å². The number of fused-ring (bicyclic) bond motifs is 1. The Labute approximate surface area is 128 Å². The molecule has 2 aromatic heterocycles. The monoisotopic (exact) mass is 307 g/mol. The van der Waals surface area contributed by atoms with E-state index in [0.29, 0.717) is 10.7 Å². The van der Waals surface area contributed by atoms with Gasteiger partial charge in [0.1, 0.15) is 0 Å². The van der Waals surface area contributed by atoms with Gasteiger partial charge in [-0.05, 0) is 17.7 Å². The van der Waals surface area contributed by atoms with E-state index in [9.17, 15) is 0 Å². The number of benzene rings is 1. The molecule has 1 N–H and O–H groups in total. The van der Waals surface area contributed by atoms with Crippen LogP contribution in [0.3, 0.4) is 0 Å². The first-order valence-corrected chi connectivity index (χ1v) is 7.17. The molecular weight excluding hydrogens is 293 g/mol. The Hall–Kier alpha value is -1.58. The van der Waals surface area contributed by atoms with Crippen LogP contribution in [0.1, 0.15) is 20.3 Å². The van der Waals surface area contributed by atoms with E-state index in [1.54, 1.807) is 0 Å². The Kier molecular flexibility index (Phi) is 4.99. The molecular formula is C15H15Cl2N3. The molecule has 2 heterocycles. The zero-order chi connectivity index (χ0) is 14.5. The Morgan fingerprint density at radius 2 is 1.85 bits per heavy atom. The van der Waals surface area contributed by atoms with Crippen LogP contribution in [0.2, 0.25) is 10.3 Å². The van der Waals surface area contributed by atoms with Crippen LogP contribution in [0, 0.1) is 0 Å². The third-order valence-corrected chi connectivity index (χ3v) is 3.02. The lowest BCUT2D eigenvalue weighted by Gasteiger charge is -2.01. The van der Waals surface area contributed by atoms with Crippen LogP contribution in [-0.4, -0.2) is 15.0 Å². The van der Waals surface area contributed by atoms with E-state index < -0.39 is 0 Å². The molecule has 0 spiro atoms. The minimum absolute atomic E-state index is 0.190. The van der Waals surface area contributed by atoms with Crippen molar-refractivity contribution < 1.29 is 0 Å². The summed E-state index contributed by atoms with van der Waals surface area (Å²) in [6, 6.07) is 7.94. The third kappa shape index (κ3) is 3.11. The van der Waals surface area contributed by atoms with Gasteiger partial charge in [0.15, 0.2) is 0 Å². The molecule has 0 fully saturated rings. The van der Waals surface area contributed by atoms with Gasteiger partial charge in [-0.1, -0.05) is 50.1 Å². The summed E-state index contributed by atoms with van der Waals surface area (Å²) in [5, 5.41) is 1.73. The predicted molar refractivity (Wildman–Crippen MR) is 85.3 cm³/mol. The summed E-state index contributed by atoms with van der Waals surface area (Å²) in [6.45, 7) is 4.25. The lowest BCUT2D eigenvalue weighted by molar-refractivity contribution is 1.09. The first-order chi connectivity index (χ1) is 9.67. The number of para-hydroxylation sites is 1. The lowest BCUT2D eigenvalue weighted by atomic mass is 10.1. The maximum Gasteiger partial charge on any atom is 0.222 e. The van der Waals surface area contributed by atoms with Crippen LogP contribution < -0.4 is 0 Å². The second-order valence-corrected chi connectivity index (χ2v) is 5.04. The number of aromatic amines is 1. The van der Waals surface area contributed by atoms with Crippen molar-refractivity contribution in [1.29, 1.82) is 0 Å². The summed E-state index contributed by atoms with van der Waals surface area (Å²) < 4.78 is 0. The molecule has 0 atom stereocenters. The van der Waals surface area contributed by atoms with Gasteiger partial charge >= 0.3 is 0 Å². The van der Waals surface area contributed by atoms with Crippen molar-refractivity contribution in [3.8, 4) is 11.3 Å². The van der Waals surface area contributed by atoms with E-state index in [1.807, 2.05) is 30.5 Å². The number of hydrogen-bond acceptors (Lipinski definition) is 2. The van der Waals surface area contributed by atoms with Crippen molar-refractivity contribution in [3.63, 3.8) is 0 Å². The lowest BCUT2D eigenvalue weighted by Crippen LogP contribution is -1.87. The Bertz CT molecular complexity index is 707. The summed E-state index contributed by atoms with van der Waals surface area (Å²) in [4.78, 5) is 11.2. The van der Waals surface area contributed by atoms with Gasteiger partial charge in [-0.3, -0.25) is 0 Å². The number of halogens is 2. The van der Waals surface area contributed by atoms with Crippen molar-refractivity contribution >= 4 is 34.1 Å². The summed E-state index contributed by atoms with van der Waals surface area (Å²) >= 11 is 11.9. The van der Waals surface area contributed by atoms with Gasteiger partial charge < -0.3 is 4.98 Å². The van der Waals surface area contributed by atoms with Crippen molar-refractivity contribution in [2.75, 3.05) is 0 Å². The fraction of sp³-hybridized carbons (Fsp3) is 0.200. The average molecular weight is 308 g/mol. The smallest absolute Gasteiger partial charge is 0.222 e. The summed E-state index contributed by atoms with van der Waals surface area (Å²) in [7, 11) is 0. The largest absolute Gasteiger partial charge is 0.360 e. The molecule has 0 saturated carbocycles. The third-order valence-electron chi connectivity index (χ3n) is 2.56.